The van der Waals surface area contributed by atoms with Crippen LogP contribution in [-0.4, -0.2) is 9.97 Å². The zero-order valence-corrected chi connectivity index (χ0v) is 9.42. The molecule has 1 rings (SSSR count). The summed E-state index contributed by atoms with van der Waals surface area (Å²) >= 11 is 4.02. The maximum absolute atomic E-state index is 4.22. The van der Waals surface area contributed by atoms with E-state index in [0.717, 1.165) is 10.7 Å². The van der Waals surface area contributed by atoms with Crippen LogP contribution in [0.5, 0.6) is 0 Å². The molecule has 66 valence electrons. The molecular weight excluding hydrogens is 208 g/mol. The van der Waals surface area contributed by atoms with Crippen LogP contribution in [0.2, 0.25) is 0 Å². The van der Waals surface area contributed by atoms with E-state index in [4.69, 9.17) is 0 Å². The molecule has 0 N–H and O–H groups in total. The SMILES string of the molecule is CC(C)c1ncc(SSS)cn1. The Morgan fingerprint density at radius 3 is 2.33 bits per heavy atom. The Kier molecular flexibility index (Phi) is 4.25. The zero-order valence-electron chi connectivity index (χ0n) is 6.89. The van der Waals surface area contributed by atoms with E-state index >= 15 is 0 Å². The highest BCUT2D eigenvalue weighted by Gasteiger charge is 2.01. The van der Waals surface area contributed by atoms with Gasteiger partial charge in [-0.1, -0.05) is 25.5 Å². The monoisotopic (exact) mass is 218 g/mol. The Morgan fingerprint density at radius 1 is 1.33 bits per heavy atom. The molecule has 1 aromatic rings. The van der Waals surface area contributed by atoms with Crippen molar-refractivity contribution in [3.63, 3.8) is 0 Å². The summed E-state index contributed by atoms with van der Waals surface area (Å²) in [4.78, 5) is 9.48. The first-order chi connectivity index (χ1) is 5.74. The summed E-state index contributed by atoms with van der Waals surface area (Å²) in [6.07, 6.45) is 3.66. The molecule has 0 bridgehead atoms. The molecule has 0 spiro atoms. The van der Waals surface area contributed by atoms with Crippen molar-refractivity contribution in [1.29, 1.82) is 0 Å². The Hall–Kier alpha value is 0.130. The van der Waals surface area contributed by atoms with Gasteiger partial charge in [0.25, 0.3) is 0 Å². The molecule has 0 atom stereocenters. The van der Waals surface area contributed by atoms with E-state index < -0.39 is 0 Å². The fourth-order valence-electron chi connectivity index (χ4n) is 0.710. The van der Waals surface area contributed by atoms with E-state index in [2.05, 4.69) is 35.5 Å². The van der Waals surface area contributed by atoms with Gasteiger partial charge in [0.2, 0.25) is 0 Å². The summed E-state index contributed by atoms with van der Waals surface area (Å²) in [6, 6.07) is 0. The minimum absolute atomic E-state index is 0.396. The topological polar surface area (TPSA) is 25.8 Å². The quantitative estimate of drug-likeness (QED) is 0.622. The second-order valence-electron chi connectivity index (χ2n) is 2.59. The van der Waals surface area contributed by atoms with Crippen LogP contribution in [0, 0.1) is 0 Å². The second kappa shape index (κ2) is 4.99. The minimum atomic E-state index is 0.396. The molecule has 0 aliphatic rings. The standard InChI is InChI=1S/C7H10N2S3/c1-5(2)7-8-3-6(4-9-7)11-12-10/h3-5,10H,1-2H3. The van der Waals surface area contributed by atoms with E-state index in [1.807, 2.05) is 12.4 Å². The van der Waals surface area contributed by atoms with E-state index in [0.29, 0.717) is 5.92 Å². The molecule has 0 aliphatic heterocycles. The zero-order chi connectivity index (χ0) is 8.97. The van der Waals surface area contributed by atoms with Crippen LogP contribution in [0.4, 0.5) is 0 Å². The Morgan fingerprint density at radius 2 is 1.92 bits per heavy atom. The average Bonchev–Trinajstić information content (AvgIpc) is 2.06. The Labute approximate surface area is 85.2 Å². The molecule has 0 radical (unpaired) electrons. The van der Waals surface area contributed by atoms with Crippen LogP contribution < -0.4 is 0 Å². The van der Waals surface area contributed by atoms with Gasteiger partial charge in [-0.25, -0.2) is 9.97 Å². The largest absolute Gasteiger partial charge is 0.240 e. The lowest BCUT2D eigenvalue weighted by molar-refractivity contribution is 0.766. The van der Waals surface area contributed by atoms with Gasteiger partial charge in [-0.15, -0.1) is 0 Å². The molecule has 0 amide bonds. The maximum atomic E-state index is 4.22. The van der Waals surface area contributed by atoms with Gasteiger partial charge < -0.3 is 0 Å². The van der Waals surface area contributed by atoms with Gasteiger partial charge in [0.05, 0.1) is 4.90 Å². The predicted molar refractivity (Wildman–Crippen MR) is 58.6 cm³/mol. The van der Waals surface area contributed by atoms with Gasteiger partial charge in [-0.05, 0) is 20.6 Å². The van der Waals surface area contributed by atoms with Crippen molar-refractivity contribution >= 4 is 32.3 Å². The molecule has 1 heterocycles. The van der Waals surface area contributed by atoms with Gasteiger partial charge in [0.1, 0.15) is 5.82 Å². The molecule has 0 fully saturated rings. The number of nitrogens with zero attached hydrogens (tertiary/aromatic N) is 2. The van der Waals surface area contributed by atoms with E-state index in [9.17, 15) is 0 Å². The lowest BCUT2D eigenvalue weighted by Crippen LogP contribution is -1.95. The van der Waals surface area contributed by atoms with Gasteiger partial charge in [-0.3, -0.25) is 0 Å². The molecule has 5 heteroatoms. The number of aromatic nitrogens is 2. The molecule has 0 unspecified atom stereocenters. The van der Waals surface area contributed by atoms with Crippen molar-refractivity contribution in [2.75, 3.05) is 0 Å². The normalized spacial score (nSPS) is 10.7. The summed E-state index contributed by atoms with van der Waals surface area (Å²) in [6.45, 7) is 4.16. The summed E-state index contributed by atoms with van der Waals surface area (Å²) in [5.74, 6) is 1.29. The van der Waals surface area contributed by atoms with E-state index in [-0.39, 0.29) is 0 Å². The van der Waals surface area contributed by atoms with Gasteiger partial charge >= 0.3 is 0 Å². The number of hydrogen-bond donors (Lipinski definition) is 1. The summed E-state index contributed by atoms with van der Waals surface area (Å²) in [5, 5.41) is 0. The first kappa shape index (κ1) is 10.2. The second-order valence-corrected chi connectivity index (χ2v) is 5.67. The van der Waals surface area contributed by atoms with Crippen LogP contribution in [0.1, 0.15) is 25.6 Å². The molecule has 1 aromatic heterocycles. The van der Waals surface area contributed by atoms with Crippen LogP contribution >= 0.6 is 32.3 Å². The Balaban J connectivity index is 2.71. The van der Waals surface area contributed by atoms with Crippen LogP contribution in [0.3, 0.4) is 0 Å². The molecule has 0 aromatic carbocycles. The van der Waals surface area contributed by atoms with Crippen LogP contribution in [-0.2, 0) is 0 Å². The van der Waals surface area contributed by atoms with Crippen molar-refractivity contribution in [2.45, 2.75) is 24.7 Å². The highest BCUT2D eigenvalue weighted by molar-refractivity contribution is 9.05. The summed E-state index contributed by atoms with van der Waals surface area (Å²) in [5.41, 5.74) is 0. The number of rotatable bonds is 3. The fraction of sp³-hybridized carbons (Fsp3) is 0.429. The molecule has 2 nitrogen and oxygen atoms in total. The Bertz CT molecular complexity index is 235. The summed E-state index contributed by atoms with van der Waals surface area (Å²) < 4.78 is 0. The van der Waals surface area contributed by atoms with Crippen LogP contribution in [0.25, 0.3) is 0 Å². The lowest BCUT2D eigenvalue weighted by atomic mass is 10.2. The molecule has 0 saturated heterocycles. The van der Waals surface area contributed by atoms with Crippen molar-refractivity contribution in [3.05, 3.63) is 18.2 Å². The number of thiol groups is 1. The van der Waals surface area contributed by atoms with Gasteiger partial charge in [0, 0.05) is 18.3 Å². The highest BCUT2D eigenvalue weighted by atomic mass is 33.5. The smallest absolute Gasteiger partial charge is 0.130 e. The van der Waals surface area contributed by atoms with E-state index in [1.165, 1.54) is 9.83 Å². The third-order valence-electron chi connectivity index (χ3n) is 1.30. The molecule has 0 saturated carbocycles. The third-order valence-corrected chi connectivity index (χ3v) is 3.25. The van der Waals surface area contributed by atoms with Gasteiger partial charge in [0.15, 0.2) is 0 Å². The van der Waals surface area contributed by atoms with Crippen molar-refractivity contribution in [2.24, 2.45) is 0 Å². The van der Waals surface area contributed by atoms with Crippen molar-refractivity contribution in [3.8, 4) is 0 Å². The molecule has 12 heavy (non-hydrogen) atoms. The first-order valence-electron chi connectivity index (χ1n) is 3.54. The van der Waals surface area contributed by atoms with Crippen molar-refractivity contribution in [1.82, 2.24) is 9.97 Å². The maximum Gasteiger partial charge on any atom is 0.130 e. The predicted octanol–water partition coefficient (Wildman–Crippen LogP) is 3.19. The minimum Gasteiger partial charge on any atom is -0.240 e. The third kappa shape index (κ3) is 2.88. The lowest BCUT2D eigenvalue weighted by Gasteiger charge is -2.02. The van der Waals surface area contributed by atoms with Crippen LogP contribution in [0.15, 0.2) is 17.3 Å². The summed E-state index contributed by atoms with van der Waals surface area (Å²) in [7, 11) is 2.95. The first-order valence-corrected chi connectivity index (χ1v) is 6.74. The van der Waals surface area contributed by atoms with Gasteiger partial charge in [-0.2, -0.15) is 0 Å². The molecule has 0 aliphatic carbocycles. The number of hydrogen-bond acceptors (Lipinski definition) is 5. The van der Waals surface area contributed by atoms with Crippen molar-refractivity contribution < 1.29 is 0 Å². The average molecular weight is 218 g/mol. The highest BCUT2D eigenvalue weighted by Crippen LogP contribution is 2.32. The molecular formula is C7H10N2S3. The van der Waals surface area contributed by atoms with E-state index in [1.54, 1.807) is 10.8 Å². The fourth-order valence-corrected chi connectivity index (χ4v) is 2.28.